The van der Waals surface area contributed by atoms with Gasteiger partial charge in [-0.25, -0.2) is 4.68 Å². The van der Waals surface area contributed by atoms with Crippen LogP contribution in [0.2, 0.25) is 0 Å². The lowest BCUT2D eigenvalue weighted by Gasteiger charge is -2.35. The fourth-order valence-electron chi connectivity index (χ4n) is 2.89. The Morgan fingerprint density at radius 3 is 3.04 bits per heavy atom. The first-order chi connectivity index (χ1) is 11.7. The lowest BCUT2D eigenvalue weighted by Crippen LogP contribution is -2.40. The van der Waals surface area contributed by atoms with E-state index in [1.165, 1.54) is 27.1 Å². The molecule has 1 aliphatic heterocycles. The van der Waals surface area contributed by atoms with Gasteiger partial charge in [0.15, 0.2) is 0 Å². The molecule has 0 saturated heterocycles. The lowest BCUT2D eigenvalue weighted by atomic mass is 9.98. The van der Waals surface area contributed by atoms with Gasteiger partial charge in [0.1, 0.15) is 0 Å². The van der Waals surface area contributed by atoms with Crippen LogP contribution in [0.25, 0.3) is 0 Å². The van der Waals surface area contributed by atoms with Gasteiger partial charge in [-0.3, -0.25) is 4.79 Å². The van der Waals surface area contributed by atoms with Gasteiger partial charge in [0.2, 0.25) is 11.1 Å². The molecule has 0 fully saturated rings. The van der Waals surface area contributed by atoms with E-state index in [1.807, 2.05) is 11.0 Å². The third kappa shape index (κ3) is 2.87. The number of carbonyl (C=O) groups is 1. The third-order valence-electron chi connectivity index (χ3n) is 4.00. The van der Waals surface area contributed by atoms with Gasteiger partial charge < -0.3 is 4.90 Å². The number of thiophene rings is 2. The number of amides is 1. The van der Waals surface area contributed by atoms with E-state index in [2.05, 4.69) is 38.4 Å². The molecule has 0 saturated carbocycles. The molecule has 1 amide bonds. The van der Waals surface area contributed by atoms with Crippen LogP contribution in [-0.4, -0.2) is 43.3 Å². The van der Waals surface area contributed by atoms with Crippen molar-refractivity contribution in [3.63, 3.8) is 0 Å². The molecule has 0 spiro atoms. The summed E-state index contributed by atoms with van der Waals surface area (Å²) in [4.78, 5) is 17.5. The number of aryl methyl sites for hydroxylation is 1. The van der Waals surface area contributed by atoms with Crippen LogP contribution in [0.15, 0.2) is 34.1 Å². The zero-order chi connectivity index (χ0) is 16.5. The summed E-state index contributed by atoms with van der Waals surface area (Å²) in [5, 5.41) is 16.2. The predicted molar refractivity (Wildman–Crippen MR) is 95.4 cm³/mol. The van der Waals surface area contributed by atoms with Crippen molar-refractivity contribution in [3.8, 4) is 0 Å². The first kappa shape index (κ1) is 15.8. The van der Waals surface area contributed by atoms with E-state index in [1.54, 1.807) is 34.4 Å². The summed E-state index contributed by atoms with van der Waals surface area (Å²) in [7, 11) is 1.78. The van der Waals surface area contributed by atoms with Crippen LogP contribution < -0.4 is 0 Å². The van der Waals surface area contributed by atoms with Gasteiger partial charge in [0.05, 0.1) is 11.8 Å². The lowest BCUT2D eigenvalue weighted by molar-refractivity contribution is -0.130. The van der Waals surface area contributed by atoms with Gasteiger partial charge in [-0.1, -0.05) is 17.8 Å². The van der Waals surface area contributed by atoms with E-state index in [0.717, 1.165) is 13.0 Å². The van der Waals surface area contributed by atoms with Crippen LogP contribution in [0.3, 0.4) is 0 Å². The smallest absolute Gasteiger partial charge is 0.233 e. The van der Waals surface area contributed by atoms with Gasteiger partial charge in [0.25, 0.3) is 0 Å². The molecule has 0 N–H and O–H groups in total. The molecule has 9 heteroatoms. The molecule has 0 radical (unpaired) electrons. The molecule has 0 aliphatic carbocycles. The topological polar surface area (TPSA) is 63.9 Å². The van der Waals surface area contributed by atoms with Crippen molar-refractivity contribution in [2.24, 2.45) is 7.05 Å². The molecule has 24 heavy (non-hydrogen) atoms. The molecule has 4 heterocycles. The molecule has 0 aromatic carbocycles. The molecule has 3 aromatic rings. The van der Waals surface area contributed by atoms with E-state index in [9.17, 15) is 4.79 Å². The number of carbonyl (C=O) groups excluding carboxylic acids is 1. The fourth-order valence-corrected chi connectivity index (χ4v) is 5.39. The Morgan fingerprint density at radius 1 is 1.38 bits per heavy atom. The summed E-state index contributed by atoms with van der Waals surface area (Å²) in [5.41, 5.74) is 1.27. The maximum absolute atomic E-state index is 12.9. The Bertz CT molecular complexity index is 841. The van der Waals surface area contributed by atoms with Crippen molar-refractivity contribution in [2.75, 3.05) is 12.3 Å². The Hall–Kier alpha value is -1.71. The summed E-state index contributed by atoms with van der Waals surface area (Å²) in [6.07, 6.45) is 0.927. The van der Waals surface area contributed by atoms with Gasteiger partial charge >= 0.3 is 0 Å². The molecule has 0 bridgehead atoms. The first-order valence-electron chi connectivity index (χ1n) is 7.48. The van der Waals surface area contributed by atoms with Crippen LogP contribution >= 0.6 is 34.4 Å². The maximum atomic E-state index is 12.9. The van der Waals surface area contributed by atoms with E-state index >= 15 is 0 Å². The standard InChI is InChI=1S/C15H15N5OS3/c1-19-15(16-17-18-19)24-9-13(21)20-6-4-11-10(5-8-23-11)14(20)12-3-2-7-22-12/h2-3,5,7-8,14H,4,6,9H2,1H3. The van der Waals surface area contributed by atoms with Crippen LogP contribution in [0, 0.1) is 0 Å². The summed E-state index contributed by atoms with van der Waals surface area (Å²) in [6.45, 7) is 0.756. The van der Waals surface area contributed by atoms with Crippen molar-refractivity contribution in [1.82, 2.24) is 25.1 Å². The quantitative estimate of drug-likeness (QED) is 0.654. The Kier molecular flexibility index (Phi) is 4.38. The molecule has 6 nitrogen and oxygen atoms in total. The number of rotatable bonds is 4. The van der Waals surface area contributed by atoms with Gasteiger partial charge in [-0.2, -0.15) is 0 Å². The minimum absolute atomic E-state index is 0.0331. The van der Waals surface area contributed by atoms with E-state index in [-0.39, 0.29) is 11.9 Å². The Labute approximate surface area is 151 Å². The first-order valence-corrected chi connectivity index (χ1v) is 10.2. The normalized spacial score (nSPS) is 17.0. The van der Waals surface area contributed by atoms with Crippen molar-refractivity contribution in [2.45, 2.75) is 17.6 Å². The van der Waals surface area contributed by atoms with Crippen LogP contribution in [0.1, 0.15) is 21.4 Å². The minimum Gasteiger partial charge on any atom is -0.330 e. The summed E-state index contributed by atoms with van der Waals surface area (Å²) in [6, 6.07) is 6.35. The average molecular weight is 378 g/mol. The zero-order valence-corrected chi connectivity index (χ0v) is 15.4. The molecule has 1 atom stereocenters. The van der Waals surface area contributed by atoms with Crippen molar-refractivity contribution >= 4 is 40.3 Å². The number of aromatic nitrogens is 4. The predicted octanol–water partition coefficient (Wildman–Crippen LogP) is 2.60. The number of fused-ring (bicyclic) bond motifs is 1. The van der Waals surface area contributed by atoms with Crippen molar-refractivity contribution < 1.29 is 4.79 Å². The van der Waals surface area contributed by atoms with Crippen LogP contribution in [-0.2, 0) is 18.3 Å². The van der Waals surface area contributed by atoms with E-state index in [4.69, 9.17) is 0 Å². The highest BCUT2D eigenvalue weighted by molar-refractivity contribution is 7.99. The molecule has 4 rings (SSSR count). The highest BCUT2D eigenvalue weighted by atomic mass is 32.2. The average Bonchev–Trinajstić information content (AvgIpc) is 3.33. The van der Waals surface area contributed by atoms with Crippen molar-refractivity contribution in [3.05, 3.63) is 44.3 Å². The number of hydrogen-bond donors (Lipinski definition) is 0. The number of nitrogens with zero attached hydrogens (tertiary/aromatic N) is 5. The SMILES string of the molecule is Cn1nnnc1SCC(=O)N1CCc2sccc2C1c1cccs1. The van der Waals surface area contributed by atoms with Gasteiger partial charge in [-0.05, 0) is 45.3 Å². The highest BCUT2D eigenvalue weighted by Crippen LogP contribution is 2.39. The van der Waals surface area contributed by atoms with Gasteiger partial charge in [-0.15, -0.1) is 27.8 Å². The molecule has 124 valence electrons. The fraction of sp³-hybridized carbons (Fsp3) is 0.333. The summed E-state index contributed by atoms with van der Waals surface area (Å²) < 4.78 is 1.59. The largest absolute Gasteiger partial charge is 0.330 e. The van der Waals surface area contributed by atoms with E-state index < -0.39 is 0 Å². The Balaban J connectivity index is 1.57. The summed E-state index contributed by atoms with van der Waals surface area (Å²) in [5.74, 6) is 0.466. The highest BCUT2D eigenvalue weighted by Gasteiger charge is 2.33. The van der Waals surface area contributed by atoms with Crippen LogP contribution in [0.5, 0.6) is 0 Å². The molecular formula is C15H15N5OS3. The Morgan fingerprint density at radius 2 is 2.29 bits per heavy atom. The second kappa shape index (κ2) is 6.66. The molecule has 1 aliphatic rings. The zero-order valence-electron chi connectivity index (χ0n) is 13.0. The van der Waals surface area contributed by atoms with Crippen LogP contribution in [0.4, 0.5) is 0 Å². The molecule has 3 aromatic heterocycles. The van der Waals surface area contributed by atoms with E-state index in [0.29, 0.717) is 10.9 Å². The minimum atomic E-state index is 0.0331. The summed E-state index contributed by atoms with van der Waals surface area (Å²) >= 11 is 4.87. The monoisotopic (exact) mass is 377 g/mol. The molecular weight excluding hydrogens is 362 g/mol. The second-order valence-electron chi connectivity index (χ2n) is 5.43. The third-order valence-corrected chi connectivity index (χ3v) is 6.92. The second-order valence-corrected chi connectivity index (χ2v) is 8.35. The van der Waals surface area contributed by atoms with Crippen molar-refractivity contribution in [1.29, 1.82) is 0 Å². The maximum Gasteiger partial charge on any atom is 0.233 e. The molecule has 1 unspecified atom stereocenters. The number of thioether (sulfide) groups is 1. The number of tetrazole rings is 1. The number of hydrogen-bond acceptors (Lipinski definition) is 7. The van der Waals surface area contributed by atoms with Gasteiger partial charge in [0, 0.05) is 23.3 Å².